The highest BCUT2D eigenvalue weighted by Gasteiger charge is 2.14. The number of halogens is 1. The lowest BCUT2D eigenvalue weighted by Crippen LogP contribution is -2.11. The fraction of sp³-hybridized carbons (Fsp3) is 0.562. The van der Waals surface area contributed by atoms with Crippen LogP contribution in [0.15, 0.2) is 49.1 Å². The second-order valence-corrected chi connectivity index (χ2v) is 11.1. The fourth-order valence-electron chi connectivity index (χ4n) is 3.53. The van der Waals surface area contributed by atoms with Crippen LogP contribution in [-0.2, 0) is 12.8 Å². The summed E-state index contributed by atoms with van der Waals surface area (Å²) in [5.74, 6) is 1.48. The van der Waals surface area contributed by atoms with E-state index in [-0.39, 0.29) is 11.2 Å². The highest BCUT2D eigenvalue weighted by molar-refractivity contribution is 5.32. The molecule has 0 unspecified atom stereocenters. The SMILES string of the molecule is C=CC(C)(C)Cc1cc(C)cc(C(C)C)c1.CC(C)Cc1cc(F)cc(C(C)C)c1.CCC. The molecule has 33 heavy (non-hydrogen) atoms. The van der Waals surface area contributed by atoms with E-state index in [4.69, 9.17) is 0 Å². The van der Waals surface area contributed by atoms with Crippen molar-refractivity contribution in [3.63, 3.8) is 0 Å². The zero-order valence-electron chi connectivity index (χ0n) is 23.5. The summed E-state index contributed by atoms with van der Waals surface area (Å²) >= 11 is 0. The van der Waals surface area contributed by atoms with Gasteiger partial charge in [-0.15, -0.1) is 6.58 Å². The van der Waals surface area contributed by atoms with Crippen LogP contribution in [0.4, 0.5) is 4.39 Å². The molecule has 2 aromatic rings. The molecule has 1 heteroatoms. The van der Waals surface area contributed by atoms with Crippen molar-refractivity contribution in [2.45, 2.75) is 107 Å². The first-order chi connectivity index (χ1) is 15.2. The molecule has 0 atom stereocenters. The molecule has 0 aliphatic carbocycles. The van der Waals surface area contributed by atoms with Crippen molar-refractivity contribution < 1.29 is 4.39 Å². The van der Waals surface area contributed by atoms with E-state index in [1.165, 1.54) is 23.1 Å². The van der Waals surface area contributed by atoms with Crippen LogP contribution in [-0.4, -0.2) is 0 Å². The Bertz CT molecular complexity index is 824. The van der Waals surface area contributed by atoms with Crippen molar-refractivity contribution in [2.75, 3.05) is 0 Å². The summed E-state index contributed by atoms with van der Waals surface area (Å²) in [5, 5.41) is 0. The second-order valence-electron chi connectivity index (χ2n) is 11.1. The third kappa shape index (κ3) is 13.4. The molecular weight excluding hydrogens is 403 g/mol. The van der Waals surface area contributed by atoms with Crippen molar-refractivity contribution in [1.82, 2.24) is 0 Å². The van der Waals surface area contributed by atoms with Gasteiger partial charge >= 0.3 is 0 Å². The molecule has 0 heterocycles. The van der Waals surface area contributed by atoms with E-state index < -0.39 is 0 Å². The normalized spacial score (nSPS) is 11.1. The first-order valence-corrected chi connectivity index (χ1v) is 12.8. The summed E-state index contributed by atoms with van der Waals surface area (Å²) in [4.78, 5) is 0. The Morgan fingerprint density at radius 2 is 1.30 bits per heavy atom. The molecule has 0 aliphatic rings. The van der Waals surface area contributed by atoms with E-state index in [2.05, 4.69) is 107 Å². The molecule has 0 saturated heterocycles. The zero-order valence-corrected chi connectivity index (χ0v) is 23.5. The van der Waals surface area contributed by atoms with Gasteiger partial charge < -0.3 is 0 Å². The second kappa shape index (κ2) is 15.1. The van der Waals surface area contributed by atoms with Gasteiger partial charge in [0.15, 0.2) is 0 Å². The predicted octanol–water partition coefficient (Wildman–Crippen LogP) is 10.4. The Balaban J connectivity index is 0.000000558. The first-order valence-electron chi connectivity index (χ1n) is 12.8. The highest BCUT2D eigenvalue weighted by Crippen LogP contribution is 2.26. The molecule has 0 amide bonds. The minimum Gasteiger partial charge on any atom is -0.207 e. The highest BCUT2D eigenvalue weighted by atomic mass is 19.1. The standard InChI is InChI=1S/C16H24.C13H19F.C3H8/c1-7-16(5,6)11-14-8-13(4)9-15(10-14)12(2)3;1-9(2)5-11-6-12(10(3)4)8-13(14)7-11;1-3-2/h7-10,12H,1,11H2,2-6H3;6-10H,5H2,1-4H3;3H2,1-2H3. The average molecular weight is 455 g/mol. The maximum absolute atomic E-state index is 13.2. The molecule has 0 radical (unpaired) electrons. The van der Waals surface area contributed by atoms with Crippen molar-refractivity contribution >= 4 is 0 Å². The maximum Gasteiger partial charge on any atom is 0.123 e. The van der Waals surface area contributed by atoms with E-state index in [0.717, 1.165) is 24.0 Å². The van der Waals surface area contributed by atoms with Gasteiger partial charge in [0.05, 0.1) is 0 Å². The summed E-state index contributed by atoms with van der Waals surface area (Å²) in [6.45, 7) is 27.8. The third-order valence-corrected chi connectivity index (χ3v) is 5.33. The van der Waals surface area contributed by atoms with Crippen LogP contribution in [0.1, 0.15) is 115 Å². The first kappa shape index (κ1) is 31.1. The zero-order chi connectivity index (χ0) is 25.8. The van der Waals surface area contributed by atoms with Gasteiger partial charge in [-0.1, -0.05) is 112 Å². The van der Waals surface area contributed by atoms with Crippen LogP contribution in [0, 0.1) is 24.1 Å². The molecule has 0 N–H and O–H groups in total. The van der Waals surface area contributed by atoms with E-state index >= 15 is 0 Å². The lowest BCUT2D eigenvalue weighted by atomic mass is 9.84. The predicted molar refractivity (Wildman–Crippen MR) is 148 cm³/mol. The van der Waals surface area contributed by atoms with E-state index in [9.17, 15) is 4.39 Å². The molecule has 186 valence electrons. The number of benzene rings is 2. The minimum absolute atomic E-state index is 0.105. The molecule has 0 aliphatic heterocycles. The quantitative estimate of drug-likeness (QED) is 0.365. The lowest BCUT2D eigenvalue weighted by Gasteiger charge is -2.21. The Morgan fingerprint density at radius 1 is 0.818 bits per heavy atom. The largest absolute Gasteiger partial charge is 0.207 e. The summed E-state index contributed by atoms with van der Waals surface area (Å²) in [6, 6.07) is 12.3. The Hall–Kier alpha value is -1.89. The maximum atomic E-state index is 13.2. The molecule has 2 rings (SSSR count). The molecule has 0 saturated carbocycles. The number of allylic oxidation sites excluding steroid dienone is 1. The lowest BCUT2D eigenvalue weighted by molar-refractivity contribution is 0.478. The van der Waals surface area contributed by atoms with Gasteiger partial charge in [0, 0.05) is 0 Å². The van der Waals surface area contributed by atoms with E-state index in [1.807, 2.05) is 6.08 Å². The molecule has 0 aromatic heterocycles. The summed E-state index contributed by atoms with van der Waals surface area (Å²) in [6.07, 6.45) is 5.32. The van der Waals surface area contributed by atoms with E-state index in [1.54, 1.807) is 12.1 Å². The summed E-state index contributed by atoms with van der Waals surface area (Å²) in [7, 11) is 0. The van der Waals surface area contributed by atoms with Crippen LogP contribution < -0.4 is 0 Å². The minimum atomic E-state index is -0.105. The van der Waals surface area contributed by atoms with Crippen molar-refractivity contribution in [2.24, 2.45) is 11.3 Å². The van der Waals surface area contributed by atoms with Crippen molar-refractivity contribution in [3.8, 4) is 0 Å². The van der Waals surface area contributed by atoms with Crippen LogP contribution >= 0.6 is 0 Å². The molecule has 0 bridgehead atoms. The van der Waals surface area contributed by atoms with Gasteiger partial charge in [-0.25, -0.2) is 4.39 Å². The van der Waals surface area contributed by atoms with Gasteiger partial charge in [0.1, 0.15) is 5.82 Å². The van der Waals surface area contributed by atoms with Gasteiger partial charge in [0.25, 0.3) is 0 Å². The van der Waals surface area contributed by atoms with Gasteiger partial charge in [-0.2, -0.15) is 0 Å². The molecule has 0 spiro atoms. The molecular formula is C32H51F. The van der Waals surface area contributed by atoms with Crippen LogP contribution in [0.2, 0.25) is 0 Å². The van der Waals surface area contributed by atoms with Crippen molar-refractivity contribution in [1.29, 1.82) is 0 Å². The van der Waals surface area contributed by atoms with E-state index in [0.29, 0.717) is 17.8 Å². The van der Waals surface area contributed by atoms with Crippen LogP contribution in [0.3, 0.4) is 0 Å². The van der Waals surface area contributed by atoms with Crippen LogP contribution in [0.25, 0.3) is 0 Å². The number of hydrogen-bond acceptors (Lipinski definition) is 0. The summed E-state index contributed by atoms with van der Waals surface area (Å²) < 4.78 is 13.2. The Labute approximate surface area is 205 Å². The Morgan fingerprint density at radius 3 is 1.76 bits per heavy atom. The fourth-order valence-corrected chi connectivity index (χ4v) is 3.53. The van der Waals surface area contributed by atoms with Crippen molar-refractivity contribution in [3.05, 3.63) is 82.7 Å². The van der Waals surface area contributed by atoms with Crippen LogP contribution in [0.5, 0.6) is 0 Å². The van der Waals surface area contributed by atoms with Gasteiger partial charge in [-0.05, 0) is 77.3 Å². The number of rotatable bonds is 7. The molecule has 0 fully saturated rings. The topological polar surface area (TPSA) is 0 Å². The number of hydrogen-bond donors (Lipinski definition) is 0. The molecule has 2 aromatic carbocycles. The monoisotopic (exact) mass is 454 g/mol. The van der Waals surface area contributed by atoms with Gasteiger partial charge in [0.2, 0.25) is 0 Å². The third-order valence-electron chi connectivity index (χ3n) is 5.33. The smallest absolute Gasteiger partial charge is 0.123 e. The Kier molecular flexibility index (Phi) is 14.2. The summed E-state index contributed by atoms with van der Waals surface area (Å²) in [5.41, 5.74) is 6.62. The molecule has 0 nitrogen and oxygen atoms in total. The number of aryl methyl sites for hydroxylation is 1. The average Bonchev–Trinajstić information content (AvgIpc) is 2.67. The van der Waals surface area contributed by atoms with Gasteiger partial charge in [-0.3, -0.25) is 0 Å².